The van der Waals surface area contributed by atoms with Crippen molar-refractivity contribution in [1.82, 2.24) is 10.2 Å². The van der Waals surface area contributed by atoms with Gasteiger partial charge in [0.15, 0.2) is 0 Å². The third kappa shape index (κ3) is 5.71. The average molecular weight is 396 g/mol. The molecule has 0 spiro atoms. The first kappa shape index (κ1) is 20.7. The molecule has 0 bridgehead atoms. The van der Waals surface area contributed by atoms with Crippen LogP contribution in [-0.4, -0.2) is 56.7 Å². The van der Waals surface area contributed by atoms with Crippen molar-refractivity contribution in [3.63, 3.8) is 0 Å². The first-order chi connectivity index (χ1) is 13.9. The normalized spacial score (nSPS) is 14.4. The third-order valence-corrected chi connectivity index (χ3v) is 5.06. The summed E-state index contributed by atoms with van der Waals surface area (Å²) in [7, 11) is 1.65. The van der Waals surface area contributed by atoms with E-state index in [0.717, 1.165) is 48.7 Å². The summed E-state index contributed by atoms with van der Waals surface area (Å²) in [6, 6.07) is 13.2. The van der Waals surface area contributed by atoms with Gasteiger partial charge in [0, 0.05) is 37.6 Å². The molecule has 0 aliphatic carbocycles. The highest BCUT2D eigenvalue weighted by Crippen LogP contribution is 2.20. The van der Waals surface area contributed by atoms with Gasteiger partial charge in [0.25, 0.3) is 0 Å². The molecule has 1 aliphatic heterocycles. The Morgan fingerprint density at radius 1 is 1.00 bits per heavy atom. The fourth-order valence-electron chi connectivity index (χ4n) is 3.43. The molecule has 0 saturated carbocycles. The molecule has 0 radical (unpaired) electrons. The van der Waals surface area contributed by atoms with Crippen LogP contribution in [0.25, 0.3) is 0 Å². The Morgan fingerprint density at radius 3 is 2.31 bits per heavy atom. The second kappa shape index (κ2) is 9.43. The van der Waals surface area contributed by atoms with Crippen LogP contribution in [0.1, 0.15) is 11.1 Å². The lowest BCUT2D eigenvalue weighted by Gasteiger charge is -2.35. The number of hydrogen-bond donors (Lipinski definition) is 2. The summed E-state index contributed by atoms with van der Waals surface area (Å²) in [5.41, 5.74) is 3.93. The molecule has 1 saturated heterocycles. The molecule has 2 aromatic carbocycles. The number of nitrogens with zero attached hydrogens (tertiary/aromatic N) is 2. The van der Waals surface area contributed by atoms with Crippen molar-refractivity contribution >= 4 is 23.3 Å². The molecule has 3 amide bonds. The molecule has 29 heavy (non-hydrogen) atoms. The number of nitrogens with one attached hydrogen (secondary N) is 2. The van der Waals surface area contributed by atoms with E-state index in [9.17, 15) is 9.59 Å². The second-order valence-electron chi connectivity index (χ2n) is 7.28. The molecule has 154 valence electrons. The Balaban J connectivity index is 1.43. The summed E-state index contributed by atoms with van der Waals surface area (Å²) in [5, 5.41) is 5.15. The molecule has 1 heterocycles. The van der Waals surface area contributed by atoms with E-state index in [2.05, 4.69) is 20.4 Å². The Morgan fingerprint density at radius 2 is 1.69 bits per heavy atom. The van der Waals surface area contributed by atoms with Gasteiger partial charge in [0.1, 0.15) is 5.75 Å². The summed E-state index contributed by atoms with van der Waals surface area (Å²) in [6.45, 7) is 7.30. The van der Waals surface area contributed by atoms with E-state index in [1.807, 2.05) is 56.3 Å². The number of carbonyl (C=O) groups is 2. The zero-order valence-electron chi connectivity index (χ0n) is 17.2. The molecule has 7 nitrogen and oxygen atoms in total. The van der Waals surface area contributed by atoms with Gasteiger partial charge in [-0.1, -0.05) is 17.7 Å². The summed E-state index contributed by atoms with van der Waals surface area (Å²) < 4.78 is 5.19. The average Bonchev–Trinajstić information content (AvgIpc) is 2.70. The molecule has 1 fully saturated rings. The number of benzene rings is 2. The van der Waals surface area contributed by atoms with E-state index in [4.69, 9.17) is 4.74 Å². The highest BCUT2D eigenvalue weighted by molar-refractivity contribution is 6.02. The molecular formula is C22H28N4O3. The van der Waals surface area contributed by atoms with Crippen LogP contribution >= 0.6 is 0 Å². The number of aryl methyl sites for hydroxylation is 2. The van der Waals surface area contributed by atoms with Crippen molar-refractivity contribution in [2.24, 2.45) is 0 Å². The van der Waals surface area contributed by atoms with E-state index >= 15 is 0 Å². The number of amides is 3. The number of methoxy groups -OCH3 is 1. The van der Waals surface area contributed by atoms with E-state index in [1.165, 1.54) is 0 Å². The van der Waals surface area contributed by atoms with Crippen LogP contribution in [0.15, 0.2) is 42.5 Å². The predicted octanol–water partition coefficient (Wildman–Crippen LogP) is 2.78. The molecule has 0 atom stereocenters. The molecule has 0 aromatic heterocycles. The zero-order chi connectivity index (χ0) is 20.8. The number of imide groups is 1. The van der Waals surface area contributed by atoms with Gasteiger partial charge in [0.05, 0.1) is 13.7 Å². The van der Waals surface area contributed by atoms with Gasteiger partial charge in [-0.3, -0.25) is 15.0 Å². The van der Waals surface area contributed by atoms with Gasteiger partial charge >= 0.3 is 6.03 Å². The highest BCUT2D eigenvalue weighted by Gasteiger charge is 2.20. The SMILES string of the molecule is COc1ccc(N2CCN(CC(=O)NC(=O)Nc3ccc(C)cc3C)CC2)cc1. The number of ether oxygens (including phenoxy) is 1. The van der Waals surface area contributed by atoms with Crippen molar-refractivity contribution < 1.29 is 14.3 Å². The van der Waals surface area contributed by atoms with Crippen LogP contribution in [-0.2, 0) is 4.79 Å². The topological polar surface area (TPSA) is 73.9 Å². The Hall–Kier alpha value is -3.06. The van der Waals surface area contributed by atoms with Crippen LogP contribution in [0.4, 0.5) is 16.2 Å². The minimum atomic E-state index is -0.501. The van der Waals surface area contributed by atoms with E-state index in [-0.39, 0.29) is 12.5 Å². The summed E-state index contributed by atoms with van der Waals surface area (Å²) >= 11 is 0. The Bertz CT molecular complexity index is 859. The number of piperazine rings is 1. The zero-order valence-corrected chi connectivity index (χ0v) is 17.2. The Labute approximate surface area is 171 Å². The maximum atomic E-state index is 12.2. The minimum absolute atomic E-state index is 0.205. The van der Waals surface area contributed by atoms with E-state index in [1.54, 1.807) is 7.11 Å². The quantitative estimate of drug-likeness (QED) is 0.813. The van der Waals surface area contributed by atoms with Crippen molar-refractivity contribution in [1.29, 1.82) is 0 Å². The second-order valence-corrected chi connectivity index (χ2v) is 7.28. The number of urea groups is 1. The lowest BCUT2D eigenvalue weighted by atomic mass is 10.1. The molecular weight excluding hydrogens is 368 g/mol. The maximum absolute atomic E-state index is 12.2. The fourth-order valence-corrected chi connectivity index (χ4v) is 3.43. The standard InChI is InChI=1S/C22H28N4O3/c1-16-4-9-20(17(2)14-16)23-22(28)24-21(27)15-25-10-12-26(13-11-25)18-5-7-19(29-3)8-6-18/h4-9,14H,10-13,15H2,1-3H3,(H2,23,24,27,28). The number of carbonyl (C=O) groups excluding carboxylic acids is 2. The summed E-state index contributed by atoms with van der Waals surface area (Å²) in [5.74, 6) is 0.535. The van der Waals surface area contributed by atoms with Gasteiger partial charge < -0.3 is 15.0 Å². The van der Waals surface area contributed by atoms with E-state index < -0.39 is 6.03 Å². The smallest absolute Gasteiger partial charge is 0.325 e. The number of anilines is 2. The van der Waals surface area contributed by atoms with Crippen molar-refractivity contribution in [2.45, 2.75) is 13.8 Å². The lowest BCUT2D eigenvalue weighted by molar-refractivity contribution is -0.121. The van der Waals surface area contributed by atoms with Crippen molar-refractivity contribution in [3.05, 3.63) is 53.6 Å². The first-order valence-corrected chi connectivity index (χ1v) is 9.74. The molecule has 2 N–H and O–H groups in total. The van der Waals surface area contributed by atoms with Gasteiger partial charge in [0.2, 0.25) is 5.91 Å². The largest absolute Gasteiger partial charge is 0.497 e. The fraction of sp³-hybridized carbons (Fsp3) is 0.364. The van der Waals surface area contributed by atoms with Gasteiger partial charge in [-0.15, -0.1) is 0 Å². The number of rotatable bonds is 5. The summed E-state index contributed by atoms with van der Waals surface area (Å²) in [4.78, 5) is 28.7. The van der Waals surface area contributed by atoms with Gasteiger partial charge in [-0.05, 0) is 49.7 Å². The highest BCUT2D eigenvalue weighted by atomic mass is 16.5. The van der Waals surface area contributed by atoms with Crippen molar-refractivity contribution in [3.8, 4) is 5.75 Å². The lowest BCUT2D eigenvalue weighted by Crippen LogP contribution is -2.50. The third-order valence-electron chi connectivity index (χ3n) is 5.06. The van der Waals surface area contributed by atoms with Crippen LogP contribution in [0.3, 0.4) is 0 Å². The predicted molar refractivity (Wildman–Crippen MR) is 115 cm³/mol. The molecule has 7 heteroatoms. The van der Waals surface area contributed by atoms with Crippen LogP contribution < -0.4 is 20.3 Å². The molecule has 3 rings (SSSR count). The monoisotopic (exact) mass is 396 g/mol. The maximum Gasteiger partial charge on any atom is 0.325 e. The van der Waals surface area contributed by atoms with Crippen LogP contribution in [0, 0.1) is 13.8 Å². The van der Waals surface area contributed by atoms with Crippen LogP contribution in [0.2, 0.25) is 0 Å². The molecule has 0 unspecified atom stereocenters. The first-order valence-electron chi connectivity index (χ1n) is 9.74. The van der Waals surface area contributed by atoms with E-state index in [0.29, 0.717) is 5.69 Å². The minimum Gasteiger partial charge on any atom is -0.497 e. The van der Waals surface area contributed by atoms with Gasteiger partial charge in [-0.2, -0.15) is 0 Å². The number of hydrogen-bond acceptors (Lipinski definition) is 5. The van der Waals surface area contributed by atoms with Crippen molar-refractivity contribution in [2.75, 3.05) is 50.1 Å². The summed E-state index contributed by atoms with van der Waals surface area (Å²) in [6.07, 6.45) is 0. The molecule has 1 aliphatic rings. The Kier molecular flexibility index (Phi) is 6.72. The van der Waals surface area contributed by atoms with Gasteiger partial charge in [-0.25, -0.2) is 4.79 Å². The van der Waals surface area contributed by atoms with Crippen LogP contribution in [0.5, 0.6) is 5.75 Å². The molecule has 2 aromatic rings.